The van der Waals surface area contributed by atoms with E-state index >= 15 is 0 Å². The minimum Gasteiger partial charge on any atom is -0.186 e. The monoisotopic (exact) mass is 414 g/mol. The molecule has 27 heavy (non-hydrogen) atoms. The molecule has 0 amide bonds. The van der Waals surface area contributed by atoms with Gasteiger partial charge in [-0.3, -0.25) is 0 Å². The number of hydrogen-bond donors (Lipinski definition) is 0. The van der Waals surface area contributed by atoms with Crippen molar-refractivity contribution >= 4 is 39.4 Å². The smallest absolute Gasteiger partial charge is 0.186 e. The Labute approximate surface area is 169 Å². The Balaban J connectivity index is 1.33. The van der Waals surface area contributed by atoms with Gasteiger partial charge in [0, 0.05) is 6.42 Å². The highest BCUT2D eigenvalue weighted by atomic mass is 32.2. The number of thioether (sulfide) groups is 1. The average molecular weight is 415 g/mol. The van der Waals surface area contributed by atoms with Crippen LogP contribution >= 0.6 is 34.4 Å². The van der Waals surface area contributed by atoms with E-state index in [9.17, 15) is 0 Å². The van der Waals surface area contributed by atoms with Crippen LogP contribution in [0.15, 0.2) is 22.5 Å². The van der Waals surface area contributed by atoms with Gasteiger partial charge < -0.3 is 0 Å². The molecule has 0 atom stereocenters. The molecule has 0 N–H and O–H groups in total. The molecule has 1 aliphatic rings. The predicted octanol–water partition coefficient (Wildman–Crippen LogP) is 4.11. The maximum absolute atomic E-state index is 4.76. The third-order valence-corrected chi connectivity index (χ3v) is 7.56. The quantitative estimate of drug-likeness (QED) is 0.458. The van der Waals surface area contributed by atoms with Gasteiger partial charge in [0.15, 0.2) is 10.2 Å². The molecule has 4 aromatic rings. The van der Waals surface area contributed by atoms with Gasteiger partial charge in [0.2, 0.25) is 4.96 Å². The summed E-state index contributed by atoms with van der Waals surface area (Å²) in [5.41, 5.74) is 4.38. The van der Waals surface area contributed by atoms with Crippen molar-refractivity contribution in [2.75, 3.05) is 0 Å². The summed E-state index contributed by atoms with van der Waals surface area (Å²) in [6.45, 7) is 1.96. The zero-order valence-electron chi connectivity index (χ0n) is 14.9. The molecule has 5 rings (SSSR count). The molecule has 0 saturated heterocycles. The molecule has 9 heteroatoms. The summed E-state index contributed by atoms with van der Waals surface area (Å²) in [6, 6.07) is 6.92. The standard InChI is InChI=1S/C18H18N6S3/c1-11-19-22-18(26-11)25-10-15-20-21-17-24(15)23-16(27-17)9-12-6-7-13-4-2-3-5-14(13)8-12/h6-8H,2-5,9-10H2,1H3. The molecular formula is C18H18N6S3. The first kappa shape index (κ1) is 17.3. The number of nitrogens with zero attached hydrogens (tertiary/aromatic N) is 6. The molecule has 0 unspecified atom stereocenters. The molecule has 1 aliphatic carbocycles. The zero-order valence-corrected chi connectivity index (χ0v) is 17.3. The molecule has 0 saturated carbocycles. The first-order valence-electron chi connectivity index (χ1n) is 8.98. The van der Waals surface area contributed by atoms with E-state index in [1.54, 1.807) is 34.4 Å². The fraction of sp³-hybridized carbons (Fsp3) is 0.389. The van der Waals surface area contributed by atoms with Crippen molar-refractivity contribution in [3.8, 4) is 0 Å². The van der Waals surface area contributed by atoms with Crippen LogP contribution in [0.25, 0.3) is 4.96 Å². The van der Waals surface area contributed by atoms with E-state index in [1.807, 2.05) is 11.4 Å². The molecule has 138 valence electrons. The average Bonchev–Trinajstić information content (AvgIpc) is 3.36. The maximum atomic E-state index is 4.76. The topological polar surface area (TPSA) is 68.9 Å². The SMILES string of the molecule is Cc1nnc(SCc2nnc3sc(Cc4ccc5c(c4)CCCC5)nn23)s1. The van der Waals surface area contributed by atoms with Crippen LogP contribution in [-0.2, 0) is 25.0 Å². The number of aromatic nitrogens is 6. The second-order valence-electron chi connectivity index (χ2n) is 6.67. The Hall–Kier alpha value is -1.84. The first-order valence-corrected chi connectivity index (χ1v) is 11.6. The number of benzene rings is 1. The Morgan fingerprint density at radius 2 is 1.93 bits per heavy atom. The van der Waals surface area contributed by atoms with E-state index in [4.69, 9.17) is 5.10 Å². The van der Waals surface area contributed by atoms with Crippen LogP contribution in [0.4, 0.5) is 0 Å². The van der Waals surface area contributed by atoms with E-state index in [0.29, 0.717) is 5.75 Å². The Bertz CT molecular complexity index is 1100. The van der Waals surface area contributed by atoms with Crippen LogP contribution in [0.1, 0.15) is 45.4 Å². The van der Waals surface area contributed by atoms with Crippen molar-refractivity contribution in [1.82, 2.24) is 30.0 Å². The van der Waals surface area contributed by atoms with Gasteiger partial charge in [-0.1, -0.05) is 52.6 Å². The molecular weight excluding hydrogens is 396 g/mol. The van der Waals surface area contributed by atoms with Gasteiger partial charge in [0.25, 0.3) is 0 Å². The summed E-state index contributed by atoms with van der Waals surface area (Å²) in [5, 5.41) is 23.6. The van der Waals surface area contributed by atoms with Crippen molar-refractivity contribution < 1.29 is 0 Å². The number of aryl methyl sites for hydroxylation is 3. The van der Waals surface area contributed by atoms with E-state index in [0.717, 1.165) is 31.6 Å². The minimum absolute atomic E-state index is 0.692. The van der Waals surface area contributed by atoms with Crippen molar-refractivity contribution in [1.29, 1.82) is 0 Å². The summed E-state index contributed by atoms with van der Waals surface area (Å²) in [5.74, 6) is 1.55. The van der Waals surface area contributed by atoms with Crippen LogP contribution < -0.4 is 0 Å². The Morgan fingerprint density at radius 1 is 1.04 bits per heavy atom. The van der Waals surface area contributed by atoms with Gasteiger partial charge in [-0.2, -0.15) is 9.61 Å². The number of hydrogen-bond acceptors (Lipinski definition) is 8. The summed E-state index contributed by atoms with van der Waals surface area (Å²) in [4.78, 5) is 0.854. The van der Waals surface area contributed by atoms with Gasteiger partial charge >= 0.3 is 0 Å². The molecule has 0 fully saturated rings. The fourth-order valence-corrected chi connectivity index (χ4v) is 6.00. The molecule has 0 bridgehead atoms. The molecule has 0 aliphatic heterocycles. The highest BCUT2D eigenvalue weighted by Crippen LogP contribution is 2.27. The predicted molar refractivity (Wildman–Crippen MR) is 109 cm³/mol. The lowest BCUT2D eigenvalue weighted by Gasteiger charge is -2.16. The van der Waals surface area contributed by atoms with Crippen molar-refractivity contribution in [3.05, 3.63) is 50.7 Å². The third kappa shape index (κ3) is 3.63. The van der Waals surface area contributed by atoms with Crippen molar-refractivity contribution in [3.63, 3.8) is 0 Å². The molecule has 0 radical (unpaired) electrons. The Kier molecular flexibility index (Phi) is 4.66. The Morgan fingerprint density at radius 3 is 2.78 bits per heavy atom. The number of rotatable bonds is 5. The van der Waals surface area contributed by atoms with Gasteiger partial charge in [-0.05, 0) is 49.3 Å². The zero-order chi connectivity index (χ0) is 18.2. The third-order valence-electron chi connectivity index (χ3n) is 4.70. The molecule has 1 aromatic carbocycles. The fourth-order valence-electron chi connectivity index (χ4n) is 3.39. The van der Waals surface area contributed by atoms with Crippen LogP contribution in [-0.4, -0.2) is 30.0 Å². The molecule has 3 aromatic heterocycles. The largest absolute Gasteiger partial charge is 0.234 e. The molecule has 3 heterocycles. The van der Waals surface area contributed by atoms with E-state index in [-0.39, 0.29) is 0 Å². The van der Waals surface area contributed by atoms with E-state index < -0.39 is 0 Å². The van der Waals surface area contributed by atoms with Crippen LogP contribution in [0.5, 0.6) is 0 Å². The lowest BCUT2D eigenvalue weighted by molar-refractivity contribution is 0.684. The van der Waals surface area contributed by atoms with Gasteiger partial charge in [-0.25, -0.2) is 0 Å². The second-order valence-corrected chi connectivity index (χ2v) is 10.1. The normalized spacial score (nSPS) is 14.0. The second kappa shape index (κ2) is 7.29. The van der Waals surface area contributed by atoms with Gasteiger partial charge in [0.1, 0.15) is 10.0 Å². The van der Waals surface area contributed by atoms with Gasteiger partial charge in [-0.15, -0.1) is 20.4 Å². The summed E-state index contributed by atoms with van der Waals surface area (Å²) in [7, 11) is 0. The van der Waals surface area contributed by atoms with Crippen LogP contribution in [0.2, 0.25) is 0 Å². The van der Waals surface area contributed by atoms with E-state index in [1.165, 1.54) is 42.4 Å². The number of fused-ring (bicyclic) bond motifs is 2. The summed E-state index contributed by atoms with van der Waals surface area (Å²) < 4.78 is 2.83. The van der Waals surface area contributed by atoms with Crippen molar-refractivity contribution in [2.45, 2.75) is 49.1 Å². The maximum Gasteiger partial charge on any atom is 0.234 e. The lowest BCUT2D eigenvalue weighted by atomic mass is 9.90. The van der Waals surface area contributed by atoms with Crippen molar-refractivity contribution in [2.24, 2.45) is 0 Å². The first-order chi connectivity index (χ1) is 13.2. The van der Waals surface area contributed by atoms with Crippen LogP contribution in [0, 0.1) is 6.92 Å². The van der Waals surface area contributed by atoms with Gasteiger partial charge in [0.05, 0.1) is 5.75 Å². The lowest BCUT2D eigenvalue weighted by Crippen LogP contribution is -2.03. The summed E-state index contributed by atoms with van der Waals surface area (Å²) >= 11 is 4.85. The highest BCUT2D eigenvalue weighted by molar-refractivity contribution is 8.00. The van der Waals surface area contributed by atoms with E-state index in [2.05, 4.69) is 38.6 Å². The molecule has 6 nitrogen and oxygen atoms in total. The highest BCUT2D eigenvalue weighted by Gasteiger charge is 2.15. The van der Waals surface area contributed by atoms with Crippen LogP contribution in [0.3, 0.4) is 0 Å². The summed E-state index contributed by atoms with van der Waals surface area (Å²) in [6.07, 6.45) is 5.91. The molecule has 0 spiro atoms. The minimum atomic E-state index is 0.692.